The Balaban J connectivity index is 1.27. The van der Waals surface area contributed by atoms with Gasteiger partial charge in [-0.2, -0.15) is 0 Å². The number of rotatable bonds is 8. The van der Waals surface area contributed by atoms with Crippen molar-refractivity contribution in [2.24, 2.45) is 0 Å². The van der Waals surface area contributed by atoms with Crippen LogP contribution < -0.4 is 20.1 Å². The number of anilines is 1. The minimum Gasteiger partial charge on any atom is -0.454 e. The van der Waals surface area contributed by atoms with Crippen LogP contribution in [0.4, 0.5) is 10.2 Å². The number of halogens is 1. The maximum absolute atomic E-state index is 14.4. The Bertz CT molecular complexity index is 1460. The van der Waals surface area contributed by atoms with Crippen LogP contribution in [0, 0.1) is 5.82 Å². The molecular weight excluding hydrogens is 485 g/mol. The monoisotopic (exact) mass is 513 g/mol. The van der Waals surface area contributed by atoms with Gasteiger partial charge in [-0.25, -0.2) is 9.37 Å². The van der Waals surface area contributed by atoms with E-state index in [2.05, 4.69) is 10.6 Å². The fourth-order valence-corrected chi connectivity index (χ4v) is 4.82. The van der Waals surface area contributed by atoms with Crippen LogP contribution in [0.25, 0.3) is 0 Å². The van der Waals surface area contributed by atoms with Gasteiger partial charge >= 0.3 is 0 Å². The van der Waals surface area contributed by atoms with E-state index >= 15 is 0 Å². The molecule has 1 aromatic heterocycles. The lowest BCUT2D eigenvalue weighted by atomic mass is 10.2. The third-order valence-electron chi connectivity index (χ3n) is 6.76. The van der Waals surface area contributed by atoms with Gasteiger partial charge in [0.25, 0.3) is 5.91 Å². The Morgan fingerprint density at radius 2 is 1.74 bits per heavy atom. The summed E-state index contributed by atoms with van der Waals surface area (Å²) < 4.78 is 27.2. The summed E-state index contributed by atoms with van der Waals surface area (Å²) in [5.41, 5.74) is 3.09. The lowest BCUT2D eigenvalue weighted by Gasteiger charge is -2.22. The molecule has 1 amide bonds. The van der Waals surface area contributed by atoms with Crippen molar-refractivity contribution in [3.05, 3.63) is 107 Å². The maximum atomic E-state index is 14.4. The molecule has 0 unspecified atom stereocenters. The van der Waals surface area contributed by atoms with Crippen LogP contribution in [0.5, 0.6) is 11.5 Å². The van der Waals surface area contributed by atoms with E-state index in [1.807, 2.05) is 53.1 Å². The van der Waals surface area contributed by atoms with Crippen molar-refractivity contribution in [1.82, 2.24) is 19.8 Å². The topological polar surface area (TPSA) is 80.6 Å². The summed E-state index contributed by atoms with van der Waals surface area (Å²) >= 11 is 0. The molecule has 0 aliphatic carbocycles. The van der Waals surface area contributed by atoms with Gasteiger partial charge in [-0.3, -0.25) is 4.79 Å². The third-order valence-corrected chi connectivity index (χ3v) is 6.76. The number of carbonyl (C=O) groups is 1. The van der Waals surface area contributed by atoms with E-state index in [-0.39, 0.29) is 25.1 Å². The molecule has 38 heavy (non-hydrogen) atoms. The molecule has 0 radical (unpaired) electrons. The summed E-state index contributed by atoms with van der Waals surface area (Å²) in [6.45, 7) is 2.96. The minimum absolute atomic E-state index is 0.168. The molecule has 2 aliphatic heterocycles. The van der Waals surface area contributed by atoms with Gasteiger partial charge < -0.3 is 29.6 Å². The molecule has 8 nitrogen and oxygen atoms in total. The Morgan fingerprint density at radius 1 is 0.921 bits per heavy atom. The van der Waals surface area contributed by atoms with Crippen LogP contribution >= 0.6 is 0 Å². The number of ether oxygens (including phenoxy) is 2. The molecule has 194 valence electrons. The standard InChI is InChI=1S/C29H28FN5O3/c30-23-9-5-4-8-22(23)18-34-13-12-32-28-27(29(34)36)35(17-20-6-2-1-3-7-20)26(33-28)16-31-15-21-10-11-24-25(14-21)38-19-37-24/h1-11,14,31-32H,12-13,15-19H2. The molecule has 0 spiro atoms. The van der Waals surface area contributed by atoms with Gasteiger partial charge in [0, 0.05) is 38.3 Å². The van der Waals surface area contributed by atoms with Crippen LogP contribution in [0.1, 0.15) is 33.0 Å². The highest BCUT2D eigenvalue weighted by atomic mass is 19.1. The van der Waals surface area contributed by atoms with Gasteiger partial charge in [0.15, 0.2) is 23.0 Å². The second kappa shape index (κ2) is 10.5. The first kappa shape index (κ1) is 24.0. The first-order valence-corrected chi connectivity index (χ1v) is 12.6. The number of aromatic nitrogens is 2. The maximum Gasteiger partial charge on any atom is 0.274 e. The Hall–Kier alpha value is -4.37. The Morgan fingerprint density at radius 3 is 2.61 bits per heavy atom. The second-order valence-corrected chi connectivity index (χ2v) is 9.33. The van der Waals surface area contributed by atoms with E-state index in [4.69, 9.17) is 14.5 Å². The van der Waals surface area contributed by atoms with Crippen LogP contribution in [-0.4, -0.2) is 40.2 Å². The number of imidazole rings is 1. The molecule has 9 heteroatoms. The van der Waals surface area contributed by atoms with E-state index in [9.17, 15) is 9.18 Å². The number of hydrogen-bond acceptors (Lipinski definition) is 6. The molecule has 0 atom stereocenters. The van der Waals surface area contributed by atoms with Crippen LogP contribution in [-0.2, 0) is 26.2 Å². The van der Waals surface area contributed by atoms with Crippen LogP contribution in [0.15, 0.2) is 72.8 Å². The third kappa shape index (κ3) is 4.92. The molecule has 4 aromatic rings. The molecule has 6 rings (SSSR count). The van der Waals surface area contributed by atoms with Crippen molar-refractivity contribution in [1.29, 1.82) is 0 Å². The van der Waals surface area contributed by atoms with Gasteiger partial charge in [-0.05, 0) is 29.3 Å². The first-order chi connectivity index (χ1) is 18.7. The summed E-state index contributed by atoms with van der Waals surface area (Å²) in [5, 5.41) is 6.77. The lowest BCUT2D eigenvalue weighted by Crippen LogP contribution is -2.34. The van der Waals surface area contributed by atoms with Gasteiger partial charge in [0.2, 0.25) is 6.79 Å². The highest BCUT2D eigenvalue weighted by Gasteiger charge is 2.30. The van der Waals surface area contributed by atoms with Gasteiger partial charge in [0.05, 0.1) is 6.54 Å². The highest BCUT2D eigenvalue weighted by molar-refractivity contribution is 5.98. The van der Waals surface area contributed by atoms with E-state index in [1.165, 1.54) is 6.07 Å². The minimum atomic E-state index is -0.316. The zero-order chi connectivity index (χ0) is 25.9. The number of benzene rings is 3. The fourth-order valence-electron chi connectivity index (χ4n) is 4.82. The van der Waals surface area contributed by atoms with E-state index in [0.29, 0.717) is 49.8 Å². The van der Waals surface area contributed by atoms with E-state index in [0.717, 1.165) is 28.5 Å². The SMILES string of the molecule is O=C1c2c(nc(CNCc3ccc4c(c3)OCO4)n2Cc2ccccc2)NCCN1Cc1ccccc1F. The predicted octanol–water partition coefficient (Wildman–Crippen LogP) is 4.16. The summed E-state index contributed by atoms with van der Waals surface area (Å²) in [4.78, 5) is 20.4. The zero-order valence-corrected chi connectivity index (χ0v) is 20.8. The molecule has 0 bridgehead atoms. The Kier molecular flexibility index (Phi) is 6.66. The number of carbonyl (C=O) groups excluding carboxylic acids is 1. The molecule has 3 heterocycles. The molecular formula is C29H28FN5O3. The van der Waals surface area contributed by atoms with Crippen molar-refractivity contribution in [3.8, 4) is 11.5 Å². The number of fused-ring (bicyclic) bond motifs is 2. The van der Waals surface area contributed by atoms with E-state index in [1.54, 1.807) is 23.1 Å². The lowest BCUT2D eigenvalue weighted by molar-refractivity contribution is 0.0743. The van der Waals surface area contributed by atoms with Crippen LogP contribution in [0.3, 0.4) is 0 Å². The summed E-state index contributed by atoms with van der Waals surface area (Å²) in [6.07, 6.45) is 0. The van der Waals surface area contributed by atoms with Gasteiger partial charge in [0.1, 0.15) is 11.6 Å². The average Bonchev–Trinajstić information content (AvgIpc) is 3.50. The van der Waals surface area contributed by atoms with Crippen molar-refractivity contribution in [2.45, 2.75) is 26.2 Å². The van der Waals surface area contributed by atoms with Crippen molar-refractivity contribution in [3.63, 3.8) is 0 Å². The first-order valence-electron chi connectivity index (χ1n) is 12.6. The summed E-state index contributed by atoms with van der Waals surface area (Å²) in [7, 11) is 0. The molecule has 2 aliphatic rings. The highest BCUT2D eigenvalue weighted by Crippen LogP contribution is 2.32. The second-order valence-electron chi connectivity index (χ2n) is 9.33. The number of amides is 1. The Labute approximate surface area is 220 Å². The average molecular weight is 514 g/mol. The molecule has 3 aromatic carbocycles. The molecule has 2 N–H and O–H groups in total. The number of nitrogens with one attached hydrogen (secondary N) is 2. The van der Waals surface area contributed by atoms with Gasteiger partial charge in [-0.15, -0.1) is 0 Å². The van der Waals surface area contributed by atoms with Crippen molar-refractivity contribution < 1.29 is 18.7 Å². The largest absolute Gasteiger partial charge is 0.454 e. The summed E-state index contributed by atoms with van der Waals surface area (Å²) in [6, 6.07) is 22.4. The predicted molar refractivity (Wildman–Crippen MR) is 141 cm³/mol. The van der Waals surface area contributed by atoms with Crippen molar-refractivity contribution >= 4 is 11.7 Å². The molecule has 0 saturated carbocycles. The molecule has 0 saturated heterocycles. The number of nitrogens with zero attached hydrogens (tertiary/aromatic N) is 3. The quantitative estimate of drug-likeness (QED) is 0.368. The fraction of sp³-hybridized carbons (Fsp3) is 0.241. The molecule has 0 fully saturated rings. The van der Waals surface area contributed by atoms with E-state index < -0.39 is 0 Å². The smallest absolute Gasteiger partial charge is 0.274 e. The van der Waals surface area contributed by atoms with Crippen LogP contribution in [0.2, 0.25) is 0 Å². The van der Waals surface area contributed by atoms with Gasteiger partial charge in [-0.1, -0.05) is 54.6 Å². The summed E-state index contributed by atoms with van der Waals surface area (Å²) in [5.74, 6) is 2.31. The number of hydrogen-bond donors (Lipinski definition) is 2. The van der Waals surface area contributed by atoms with Crippen molar-refractivity contribution in [2.75, 3.05) is 25.2 Å². The zero-order valence-electron chi connectivity index (χ0n) is 20.8. The normalized spacial score (nSPS) is 14.2.